The smallest absolute Gasteiger partial charge is 0.323 e. The second-order valence-electron chi connectivity index (χ2n) is 5.76. The van der Waals surface area contributed by atoms with Crippen molar-refractivity contribution in [3.05, 3.63) is 30.2 Å². The molecule has 8 heteroatoms. The van der Waals surface area contributed by atoms with E-state index in [1.165, 1.54) is 24.5 Å². The van der Waals surface area contributed by atoms with Crippen LogP contribution in [0.1, 0.15) is 43.2 Å². The fourth-order valence-electron chi connectivity index (χ4n) is 2.70. The molecule has 3 rings (SSSR count). The molecular formula is C16H16F2N4O2. The van der Waals surface area contributed by atoms with Crippen LogP contribution in [0.4, 0.5) is 14.5 Å². The minimum absolute atomic E-state index is 0.0579. The number of amides is 1. The molecule has 24 heavy (non-hydrogen) atoms. The van der Waals surface area contributed by atoms with E-state index in [4.69, 9.17) is 0 Å². The first-order valence-corrected chi connectivity index (χ1v) is 7.63. The predicted molar refractivity (Wildman–Crippen MR) is 82.7 cm³/mol. The van der Waals surface area contributed by atoms with Crippen LogP contribution in [0.25, 0.3) is 11.3 Å². The van der Waals surface area contributed by atoms with Gasteiger partial charge < -0.3 is 5.32 Å². The van der Waals surface area contributed by atoms with Crippen molar-refractivity contribution in [3.8, 4) is 11.3 Å². The third-order valence-corrected chi connectivity index (χ3v) is 4.05. The lowest BCUT2D eigenvalue weighted by atomic mass is 9.99. The number of carbonyl (C=O) groups is 2. The molecule has 0 aliphatic carbocycles. The number of hydrogen-bond donors (Lipinski definition) is 1. The van der Waals surface area contributed by atoms with Gasteiger partial charge >= 0.3 is 6.55 Å². The van der Waals surface area contributed by atoms with E-state index < -0.39 is 6.55 Å². The van der Waals surface area contributed by atoms with Crippen molar-refractivity contribution in [2.24, 2.45) is 5.92 Å². The van der Waals surface area contributed by atoms with E-state index in [0.29, 0.717) is 23.1 Å². The van der Waals surface area contributed by atoms with Gasteiger partial charge in [0.05, 0.1) is 17.6 Å². The largest absolute Gasteiger partial charge is 0.333 e. The zero-order valence-corrected chi connectivity index (χ0v) is 13.0. The molecule has 1 unspecified atom stereocenters. The van der Waals surface area contributed by atoms with Crippen LogP contribution in [-0.2, 0) is 4.79 Å². The van der Waals surface area contributed by atoms with Gasteiger partial charge in [0.15, 0.2) is 5.78 Å². The number of anilines is 1. The third kappa shape index (κ3) is 3.04. The summed E-state index contributed by atoms with van der Waals surface area (Å²) in [6.45, 7) is -1.14. The highest BCUT2D eigenvalue weighted by atomic mass is 19.3. The van der Waals surface area contributed by atoms with Crippen LogP contribution in [-0.4, -0.2) is 26.5 Å². The molecule has 0 spiro atoms. The van der Waals surface area contributed by atoms with Crippen LogP contribution in [0.15, 0.2) is 24.5 Å². The van der Waals surface area contributed by atoms with Gasteiger partial charge in [-0.25, -0.2) is 4.68 Å². The highest BCUT2D eigenvalue weighted by Gasteiger charge is 2.24. The van der Waals surface area contributed by atoms with Crippen molar-refractivity contribution in [1.29, 1.82) is 0 Å². The Morgan fingerprint density at radius 2 is 2.17 bits per heavy atom. The molecule has 6 nitrogen and oxygen atoms in total. The molecule has 2 bridgehead atoms. The number of aromatic nitrogens is 3. The Labute approximate surface area is 136 Å². The van der Waals surface area contributed by atoms with E-state index >= 15 is 0 Å². The standard InChI is InChI=1S/C16H16F2N4O2/c1-9-3-2-4-13(23)11-7-10(5-6-19-11)14-12(21-15(9)24)8-20-22(14)16(17)18/h5-9,16H,2-4H2,1H3,(H,21,24). The quantitative estimate of drug-likeness (QED) is 0.868. The summed E-state index contributed by atoms with van der Waals surface area (Å²) >= 11 is 0. The van der Waals surface area contributed by atoms with Crippen LogP contribution in [0.3, 0.4) is 0 Å². The molecule has 2 aromatic heterocycles. The van der Waals surface area contributed by atoms with Gasteiger partial charge in [-0.15, -0.1) is 0 Å². The molecule has 126 valence electrons. The Bertz CT molecular complexity index is 788. The zero-order chi connectivity index (χ0) is 17.3. The molecule has 1 atom stereocenters. The summed E-state index contributed by atoms with van der Waals surface area (Å²) < 4.78 is 27.1. The molecule has 1 aliphatic rings. The number of hydrogen-bond acceptors (Lipinski definition) is 4. The zero-order valence-electron chi connectivity index (χ0n) is 13.0. The topological polar surface area (TPSA) is 76.9 Å². The predicted octanol–water partition coefficient (Wildman–Crippen LogP) is 3.28. The summed E-state index contributed by atoms with van der Waals surface area (Å²) in [6.07, 6.45) is 3.93. The van der Waals surface area contributed by atoms with Crippen LogP contribution in [0.5, 0.6) is 0 Å². The SMILES string of the molecule is CC1CCCC(=O)c2cc(ccn2)-c2c(cnn2C(F)F)NC1=O. The van der Waals surface area contributed by atoms with Crippen molar-refractivity contribution >= 4 is 17.4 Å². The first-order valence-electron chi connectivity index (χ1n) is 7.63. The van der Waals surface area contributed by atoms with E-state index in [1.54, 1.807) is 6.92 Å². The summed E-state index contributed by atoms with van der Waals surface area (Å²) in [7, 11) is 0. The number of carbonyl (C=O) groups excluding carboxylic acids is 2. The highest BCUT2D eigenvalue weighted by molar-refractivity contribution is 5.98. The molecule has 3 heterocycles. The van der Waals surface area contributed by atoms with Crippen molar-refractivity contribution in [2.75, 3.05) is 5.32 Å². The number of nitrogens with zero attached hydrogens (tertiary/aromatic N) is 3. The van der Waals surface area contributed by atoms with Gasteiger partial charge in [0.2, 0.25) is 5.91 Å². The van der Waals surface area contributed by atoms with Crippen LogP contribution in [0.2, 0.25) is 0 Å². The minimum atomic E-state index is -2.87. The van der Waals surface area contributed by atoms with Gasteiger partial charge in [-0.05, 0) is 25.0 Å². The first kappa shape index (κ1) is 16.2. The molecule has 1 aliphatic heterocycles. The number of ketones is 1. The monoisotopic (exact) mass is 334 g/mol. The first-order chi connectivity index (χ1) is 11.5. The molecule has 0 aromatic carbocycles. The summed E-state index contributed by atoms with van der Waals surface area (Å²) in [6, 6.07) is 2.97. The van der Waals surface area contributed by atoms with Gasteiger partial charge in [0, 0.05) is 24.1 Å². The van der Waals surface area contributed by atoms with Crippen molar-refractivity contribution in [3.63, 3.8) is 0 Å². The lowest BCUT2D eigenvalue weighted by Gasteiger charge is -2.15. The second-order valence-corrected chi connectivity index (χ2v) is 5.76. The van der Waals surface area contributed by atoms with E-state index in [1.807, 2.05) is 0 Å². The van der Waals surface area contributed by atoms with Gasteiger partial charge in [0.1, 0.15) is 5.69 Å². The van der Waals surface area contributed by atoms with Crippen molar-refractivity contribution in [1.82, 2.24) is 14.8 Å². The number of fused-ring (bicyclic) bond motifs is 4. The molecule has 2 aromatic rings. The number of rotatable bonds is 1. The number of alkyl halides is 2. The lowest BCUT2D eigenvalue weighted by molar-refractivity contribution is -0.119. The maximum atomic E-state index is 13.3. The fraction of sp³-hybridized carbons (Fsp3) is 0.375. The van der Waals surface area contributed by atoms with Gasteiger partial charge in [-0.3, -0.25) is 14.6 Å². The van der Waals surface area contributed by atoms with Crippen LogP contribution < -0.4 is 5.32 Å². The molecule has 1 amide bonds. The van der Waals surface area contributed by atoms with Crippen LogP contribution >= 0.6 is 0 Å². The average Bonchev–Trinajstić information content (AvgIpc) is 2.97. The summed E-state index contributed by atoms with van der Waals surface area (Å²) in [4.78, 5) is 28.5. The van der Waals surface area contributed by atoms with E-state index in [-0.39, 0.29) is 41.1 Å². The lowest BCUT2D eigenvalue weighted by Crippen LogP contribution is -2.21. The number of Topliss-reactive ketones (excluding diaryl/α,β-unsaturated/α-hetero) is 1. The molecule has 0 saturated carbocycles. The third-order valence-electron chi connectivity index (χ3n) is 4.05. The molecule has 0 radical (unpaired) electrons. The van der Waals surface area contributed by atoms with Crippen molar-refractivity contribution < 1.29 is 18.4 Å². The summed E-state index contributed by atoms with van der Waals surface area (Å²) in [5.74, 6) is -0.798. The van der Waals surface area contributed by atoms with Crippen LogP contribution in [0, 0.1) is 5.92 Å². The molecule has 1 N–H and O–H groups in total. The Kier molecular flexibility index (Phi) is 4.37. The molecular weight excluding hydrogens is 318 g/mol. The number of pyridine rings is 1. The maximum absolute atomic E-state index is 13.3. The fourth-order valence-corrected chi connectivity index (χ4v) is 2.70. The Balaban J connectivity index is 2.16. The minimum Gasteiger partial charge on any atom is -0.323 e. The second kappa shape index (κ2) is 6.46. The normalized spacial score (nSPS) is 18.6. The Hall–Kier alpha value is -2.64. The maximum Gasteiger partial charge on any atom is 0.333 e. The van der Waals surface area contributed by atoms with E-state index in [9.17, 15) is 18.4 Å². The van der Waals surface area contributed by atoms with Crippen molar-refractivity contribution in [2.45, 2.75) is 32.7 Å². The van der Waals surface area contributed by atoms with E-state index in [0.717, 1.165) is 0 Å². The summed E-state index contributed by atoms with van der Waals surface area (Å²) in [5, 5.41) is 6.33. The molecule has 0 saturated heterocycles. The number of halogens is 2. The van der Waals surface area contributed by atoms with Gasteiger partial charge in [0.25, 0.3) is 0 Å². The van der Waals surface area contributed by atoms with Gasteiger partial charge in [-0.1, -0.05) is 6.92 Å². The van der Waals surface area contributed by atoms with Gasteiger partial charge in [-0.2, -0.15) is 13.9 Å². The Morgan fingerprint density at radius 3 is 2.92 bits per heavy atom. The number of nitrogens with one attached hydrogen (secondary N) is 1. The highest BCUT2D eigenvalue weighted by Crippen LogP contribution is 2.32. The molecule has 0 fully saturated rings. The average molecular weight is 334 g/mol. The summed E-state index contributed by atoms with van der Waals surface area (Å²) in [5.41, 5.74) is 0.828. The van der Waals surface area contributed by atoms with E-state index in [2.05, 4.69) is 15.4 Å². The Morgan fingerprint density at radius 1 is 1.38 bits per heavy atom.